The fourth-order valence-electron chi connectivity index (χ4n) is 5.86. The summed E-state index contributed by atoms with van der Waals surface area (Å²) in [4.78, 5) is 30.9. The maximum absolute atomic E-state index is 13.4. The Morgan fingerprint density at radius 2 is 1.70 bits per heavy atom. The third-order valence-corrected chi connectivity index (χ3v) is 7.82. The summed E-state index contributed by atoms with van der Waals surface area (Å²) in [5.74, 6) is 0.536. The van der Waals surface area contributed by atoms with E-state index in [1.807, 2.05) is 66.0 Å². The van der Waals surface area contributed by atoms with Gasteiger partial charge in [0.1, 0.15) is 5.69 Å². The van der Waals surface area contributed by atoms with Crippen molar-refractivity contribution in [2.24, 2.45) is 5.92 Å². The maximum Gasteiger partial charge on any atom is 0.274 e. The van der Waals surface area contributed by atoms with Gasteiger partial charge in [0.2, 0.25) is 0 Å². The summed E-state index contributed by atoms with van der Waals surface area (Å²) in [7, 11) is 4.05. The number of anilines is 2. The molecule has 2 bridgehead atoms. The Morgan fingerprint density at radius 3 is 2.49 bits per heavy atom. The second kappa shape index (κ2) is 9.43. The van der Waals surface area contributed by atoms with Crippen molar-refractivity contribution in [1.82, 2.24) is 9.47 Å². The number of carbonyl (C=O) groups is 1. The van der Waals surface area contributed by atoms with Crippen LogP contribution in [0.4, 0.5) is 11.4 Å². The van der Waals surface area contributed by atoms with E-state index in [9.17, 15) is 9.59 Å². The first-order chi connectivity index (χ1) is 18.0. The van der Waals surface area contributed by atoms with E-state index < -0.39 is 0 Å². The van der Waals surface area contributed by atoms with Gasteiger partial charge in [0.15, 0.2) is 0 Å². The van der Waals surface area contributed by atoms with Gasteiger partial charge in [0.05, 0.1) is 0 Å². The van der Waals surface area contributed by atoms with Crippen LogP contribution < -0.4 is 15.8 Å². The minimum absolute atomic E-state index is 0.0337. The summed E-state index contributed by atoms with van der Waals surface area (Å²) in [6.45, 7) is 2.58. The van der Waals surface area contributed by atoms with E-state index in [0.717, 1.165) is 39.7 Å². The number of rotatable bonds is 5. The number of nitrogens with zero attached hydrogens (tertiary/aromatic N) is 3. The van der Waals surface area contributed by atoms with Crippen molar-refractivity contribution in [1.29, 1.82) is 0 Å². The van der Waals surface area contributed by atoms with Crippen LogP contribution in [0.2, 0.25) is 0 Å². The van der Waals surface area contributed by atoms with Crippen LogP contribution in [0, 0.1) is 5.92 Å². The Hall–Kier alpha value is -4.06. The lowest BCUT2D eigenvalue weighted by atomic mass is 9.83. The van der Waals surface area contributed by atoms with Crippen LogP contribution in [0.15, 0.2) is 83.7 Å². The lowest BCUT2D eigenvalue weighted by molar-refractivity contribution is 0.0595. The molecule has 1 N–H and O–H groups in total. The van der Waals surface area contributed by atoms with E-state index in [4.69, 9.17) is 0 Å². The number of hydrogen-bond donors (Lipinski definition) is 1. The van der Waals surface area contributed by atoms with E-state index in [0.29, 0.717) is 31.9 Å². The number of piperidine rings is 1. The van der Waals surface area contributed by atoms with Crippen LogP contribution >= 0.6 is 0 Å². The highest BCUT2D eigenvalue weighted by Gasteiger charge is 2.37. The highest BCUT2D eigenvalue weighted by atomic mass is 16.2. The number of carbonyl (C=O) groups excluding carboxylic acids is 1. The van der Waals surface area contributed by atoms with Gasteiger partial charge >= 0.3 is 0 Å². The average molecular weight is 493 g/mol. The summed E-state index contributed by atoms with van der Waals surface area (Å²) in [6, 6.07) is 26.4. The monoisotopic (exact) mass is 492 g/mol. The van der Waals surface area contributed by atoms with Crippen LogP contribution in [0.1, 0.15) is 34.0 Å². The number of benzene rings is 3. The molecule has 0 saturated carbocycles. The Morgan fingerprint density at radius 1 is 0.919 bits per heavy atom. The molecule has 6 heteroatoms. The number of pyridine rings is 1. The van der Waals surface area contributed by atoms with E-state index in [1.54, 1.807) is 0 Å². The standard InChI is InChI=1S/C31H32N4O2/c1-33(2)27-11-7-21(8-12-27)17-32-28-13-14-29-26-15-22(19-35(29)31(28)37)18-34(20-26)30(36)25-10-9-23-5-3-4-6-24(23)16-25/h3-14,16,22,26,32H,15,17-20H2,1-2H3/t22-,26+/m0/s1. The highest BCUT2D eigenvalue weighted by molar-refractivity contribution is 5.98. The normalized spacial score (nSPS) is 18.4. The predicted molar refractivity (Wildman–Crippen MR) is 149 cm³/mol. The highest BCUT2D eigenvalue weighted by Crippen LogP contribution is 2.36. The third-order valence-electron chi connectivity index (χ3n) is 7.82. The number of nitrogens with one attached hydrogen (secondary N) is 1. The van der Waals surface area contributed by atoms with Crippen molar-refractivity contribution in [2.75, 3.05) is 37.4 Å². The molecular formula is C31H32N4O2. The molecule has 37 heavy (non-hydrogen) atoms. The van der Waals surface area contributed by atoms with Crippen molar-refractivity contribution in [3.05, 3.63) is 106 Å². The molecule has 2 aliphatic heterocycles. The largest absolute Gasteiger partial charge is 0.378 e. The van der Waals surface area contributed by atoms with Crippen LogP contribution in [0.5, 0.6) is 0 Å². The topological polar surface area (TPSA) is 57.6 Å². The summed E-state index contributed by atoms with van der Waals surface area (Å²) < 4.78 is 1.94. The minimum Gasteiger partial charge on any atom is -0.378 e. The molecule has 2 aliphatic rings. The van der Waals surface area contributed by atoms with Crippen LogP contribution in [-0.2, 0) is 13.1 Å². The Bertz CT molecular complexity index is 1520. The zero-order chi connectivity index (χ0) is 25.5. The van der Waals surface area contributed by atoms with Gasteiger partial charge in [-0.3, -0.25) is 9.59 Å². The Balaban J connectivity index is 1.18. The van der Waals surface area contributed by atoms with Crippen LogP contribution in [0.3, 0.4) is 0 Å². The lowest BCUT2D eigenvalue weighted by Crippen LogP contribution is -2.49. The van der Waals surface area contributed by atoms with Gasteiger partial charge in [-0.05, 0) is 65.1 Å². The molecule has 6 rings (SSSR count). The van der Waals surface area contributed by atoms with Crippen LogP contribution in [-0.4, -0.2) is 42.6 Å². The van der Waals surface area contributed by atoms with Gasteiger partial charge in [-0.15, -0.1) is 0 Å². The second-order valence-corrected chi connectivity index (χ2v) is 10.6. The minimum atomic E-state index is 0.0337. The quantitative estimate of drug-likeness (QED) is 0.429. The number of fused-ring (bicyclic) bond motifs is 5. The third kappa shape index (κ3) is 4.48. The van der Waals surface area contributed by atoms with E-state index in [-0.39, 0.29) is 23.3 Å². The van der Waals surface area contributed by atoms with E-state index in [2.05, 4.69) is 46.6 Å². The zero-order valence-electron chi connectivity index (χ0n) is 21.4. The molecule has 2 atom stereocenters. The summed E-state index contributed by atoms with van der Waals surface area (Å²) in [6.07, 6.45) is 1.02. The molecule has 3 heterocycles. The van der Waals surface area contributed by atoms with Crippen LogP contribution in [0.25, 0.3) is 10.8 Å². The fourth-order valence-corrected chi connectivity index (χ4v) is 5.86. The molecule has 0 unspecified atom stereocenters. The summed E-state index contributed by atoms with van der Waals surface area (Å²) in [5.41, 5.74) is 4.72. The molecule has 0 spiro atoms. The second-order valence-electron chi connectivity index (χ2n) is 10.6. The SMILES string of the molecule is CN(C)c1ccc(CNc2ccc3n(c2=O)C[C@H]2C[C@@H]3CN(C(=O)c3ccc4ccccc4c3)C2)cc1. The molecule has 3 aromatic carbocycles. The van der Waals surface area contributed by atoms with Crippen molar-refractivity contribution >= 4 is 28.1 Å². The average Bonchev–Trinajstić information content (AvgIpc) is 2.92. The van der Waals surface area contributed by atoms with Gasteiger partial charge in [-0.1, -0.05) is 42.5 Å². The first-order valence-corrected chi connectivity index (χ1v) is 13.0. The molecular weight excluding hydrogens is 460 g/mol. The summed E-state index contributed by atoms with van der Waals surface area (Å²) >= 11 is 0. The van der Waals surface area contributed by atoms with Gasteiger partial charge < -0.3 is 19.7 Å². The van der Waals surface area contributed by atoms with E-state index in [1.165, 1.54) is 0 Å². The molecule has 1 saturated heterocycles. The van der Waals surface area contributed by atoms with Crippen molar-refractivity contribution in [3.8, 4) is 0 Å². The first-order valence-electron chi connectivity index (χ1n) is 13.0. The fraction of sp³-hybridized carbons (Fsp3) is 0.290. The van der Waals surface area contributed by atoms with Crippen molar-refractivity contribution in [3.63, 3.8) is 0 Å². The smallest absolute Gasteiger partial charge is 0.274 e. The molecule has 0 aliphatic carbocycles. The van der Waals surface area contributed by atoms with E-state index >= 15 is 0 Å². The number of aromatic nitrogens is 1. The van der Waals surface area contributed by atoms with Gasteiger partial charge in [-0.2, -0.15) is 0 Å². The number of amides is 1. The van der Waals surface area contributed by atoms with Gasteiger partial charge in [0.25, 0.3) is 11.5 Å². The first kappa shape index (κ1) is 23.3. The molecule has 188 valence electrons. The maximum atomic E-state index is 13.4. The van der Waals surface area contributed by atoms with Crippen molar-refractivity contribution < 1.29 is 4.79 Å². The zero-order valence-corrected chi connectivity index (χ0v) is 21.4. The molecule has 6 nitrogen and oxygen atoms in total. The molecule has 1 aromatic heterocycles. The Labute approximate surface area is 217 Å². The summed E-state index contributed by atoms with van der Waals surface area (Å²) in [5, 5.41) is 5.56. The molecule has 1 fully saturated rings. The van der Waals surface area contributed by atoms with Crippen molar-refractivity contribution in [2.45, 2.75) is 25.4 Å². The predicted octanol–water partition coefficient (Wildman–Crippen LogP) is 4.94. The Kier molecular flexibility index (Phi) is 5.95. The molecule has 1 amide bonds. The van der Waals surface area contributed by atoms with Gasteiger partial charge in [0, 0.05) is 63.1 Å². The number of likely N-dealkylation sites (tertiary alicyclic amines) is 1. The molecule has 4 aromatic rings. The number of hydrogen-bond acceptors (Lipinski definition) is 4. The lowest BCUT2D eigenvalue weighted by Gasteiger charge is -2.43. The molecule has 0 radical (unpaired) electrons. The van der Waals surface area contributed by atoms with Gasteiger partial charge in [-0.25, -0.2) is 0 Å².